The van der Waals surface area contributed by atoms with Crippen LogP contribution < -0.4 is 0 Å². The van der Waals surface area contributed by atoms with Gasteiger partial charge in [-0.15, -0.1) is 11.3 Å². The third-order valence-electron chi connectivity index (χ3n) is 3.03. The van der Waals surface area contributed by atoms with Crippen molar-refractivity contribution in [3.63, 3.8) is 0 Å². The summed E-state index contributed by atoms with van der Waals surface area (Å²) in [5.41, 5.74) is 2.06. The van der Waals surface area contributed by atoms with E-state index in [1.807, 2.05) is 11.7 Å². The zero-order valence-electron chi connectivity index (χ0n) is 7.70. The minimum absolute atomic E-state index is 0.187. The van der Waals surface area contributed by atoms with E-state index in [4.69, 9.17) is 0 Å². The van der Waals surface area contributed by atoms with Crippen LogP contribution in [0.15, 0.2) is 11.7 Å². The fourth-order valence-electron chi connectivity index (χ4n) is 2.21. The van der Waals surface area contributed by atoms with E-state index in [0.717, 1.165) is 6.42 Å². The highest BCUT2D eigenvalue weighted by molar-refractivity contribution is 7.09. The Morgan fingerprint density at radius 3 is 2.77 bits per heavy atom. The summed E-state index contributed by atoms with van der Waals surface area (Å²) in [6.07, 6.45) is 7.87. The Labute approximate surface area is 82.6 Å². The van der Waals surface area contributed by atoms with Crippen LogP contribution in [0.4, 0.5) is 0 Å². The van der Waals surface area contributed by atoms with Gasteiger partial charge in [0.25, 0.3) is 0 Å². The third kappa shape index (κ3) is 1.92. The second-order valence-corrected chi connectivity index (χ2v) is 4.98. The number of aliphatic hydroxyl groups is 1. The molecule has 1 heterocycles. The highest BCUT2D eigenvalue weighted by Gasteiger charge is 2.33. The molecule has 2 rings (SSSR count). The van der Waals surface area contributed by atoms with Gasteiger partial charge in [0.05, 0.1) is 5.51 Å². The summed E-state index contributed by atoms with van der Waals surface area (Å²) in [6, 6.07) is 0. The number of hydrogen-bond donors (Lipinski definition) is 1. The van der Waals surface area contributed by atoms with Crippen LogP contribution in [-0.4, -0.2) is 16.7 Å². The highest BCUT2D eigenvalue weighted by atomic mass is 32.1. The predicted octanol–water partition coefficient (Wildman–Crippen LogP) is 2.24. The van der Waals surface area contributed by atoms with Crippen molar-refractivity contribution in [2.24, 2.45) is 5.41 Å². The lowest BCUT2D eigenvalue weighted by atomic mass is 9.83. The first-order chi connectivity index (χ1) is 6.35. The van der Waals surface area contributed by atoms with Crippen molar-refractivity contribution in [3.8, 4) is 0 Å². The van der Waals surface area contributed by atoms with E-state index in [1.54, 1.807) is 11.3 Å². The van der Waals surface area contributed by atoms with E-state index < -0.39 is 0 Å². The topological polar surface area (TPSA) is 33.1 Å². The number of nitrogens with zero attached hydrogens (tertiary/aromatic N) is 1. The van der Waals surface area contributed by atoms with E-state index in [9.17, 15) is 5.11 Å². The molecule has 0 saturated heterocycles. The van der Waals surface area contributed by atoms with Crippen LogP contribution in [0.5, 0.6) is 0 Å². The molecule has 0 aromatic carbocycles. The smallest absolute Gasteiger partial charge is 0.0794 e. The summed E-state index contributed by atoms with van der Waals surface area (Å²) < 4.78 is 0. The van der Waals surface area contributed by atoms with E-state index in [0.29, 0.717) is 6.61 Å². The number of thiazole rings is 1. The van der Waals surface area contributed by atoms with Crippen LogP contribution in [0.2, 0.25) is 0 Å². The molecule has 1 aromatic heterocycles. The third-order valence-corrected chi connectivity index (χ3v) is 3.81. The van der Waals surface area contributed by atoms with Crippen molar-refractivity contribution in [1.29, 1.82) is 0 Å². The SMILES string of the molecule is OCC1(Cc2cncs2)CCCC1. The Morgan fingerprint density at radius 1 is 1.46 bits per heavy atom. The first-order valence-electron chi connectivity index (χ1n) is 4.83. The molecular formula is C10H15NOS. The van der Waals surface area contributed by atoms with Crippen LogP contribution in [-0.2, 0) is 6.42 Å². The van der Waals surface area contributed by atoms with E-state index >= 15 is 0 Å². The van der Waals surface area contributed by atoms with E-state index in [1.165, 1.54) is 30.6 Å². The maximum Gasteiger partial charge on any atom is 0.0794 e. The average molecular weight is 197 g/mol. The van der Waals surface area contributed by atoms with E-state index in [-0.39, 0.29) is 5.41 Å². The summed E-state index contributed by atoms with van der Waals surface area (Å²) in [6.45, 7) is 0.338. The summed E-state index contributed by atoms with van der Waals surface area (Å²) in [5, 5.41) is 9.40. The largest absolute Gasteiger partial charge is 0.396 e. The van der Waals surface area contributed by atoms with Crippen molar-refractivity contribution in [1.82, 2.24) is 4.98 Å². The zero-order chi connectivity index (χ0) is 9.15. The highest BCUT2D eigenvalue weighted by Crippen LogP contribution is 2.40. The molecule has 0 bridgehead atoms. The Bertz CT molecular complexity index is 252. The molecule has 0 amide bonds. The lowest BCUT2D eigenvalue weighted by Gasteiger charge is -2.25. The molecule has 3 heteroatoms. The molecule has 2 nitrogen and oxygen atoms in total. The van der Waals surface area contributed by atoms with Gasteiger partial charge >= 0.3 is 0 Å². The second-order valence-electron chi connectivity index (χ2n) is 4.01. The summed E-state index contributed by atoms with van der Waals surface area (Å²) in [5.74, 6) is 0. The van der Waals surface area contributed by atoms with Crippen molar-refractivity contribution >= 4 is 11.3 Å². The molecule has 1 aliphatic rings. The molecule has 1 aliphatic carbocycles. The summed E-state index contributed by atoms with van der Waals surface area (Å²) in [7, 11) is 0. The van der Waals surface area contributed by atoms with Gasteiger partial charge in [0.1, 0.15) is 0 Å². The zero-order valence-corrected chi connectivity index (χ0v) is 8.52. The molecule has 0 atom stereocenters. The monoisotopic (exact) mass is 197 g/mol. The molecular weight excluding hydrogens is 182 g/mol. The fraction of sp³-hybridized carbons (Fsp3) is 0.700. The lowest BCUT2D eigenvalue weighted by Crippen LogP contribution is -2.23. The molecule has 0 unspecified atom stereocenters. The minimum atomic E-state index is 0.187. The number of hydrogen-bond acceptors (Lipinski definition) is 3. The molecule has 0 spiro atoms. The second kappa shape index (κ2) is 3.76. The Kier molecular flexibility index (Phi) is 2.65. The maximum atomic E-state index is 9.40. The Balaban J connectivity index is 2.06. The van der Waals surface area contributed by atoms with Crippen LogP contribution in [0.1, 0.15) is 30.6 Å². The van der Waals surface area contributed by atoms with Gasteiger partial charge in [0.15, 0.2) is 0 Å². The molecule has 1 fully saturated rings. The summed E-state index contributed by atoms with van der Waals surface area (Å²) in [4.78, 5) is 5.38. The molecule has 0 aliphatic heterocycles. The molecule has 72 valence electrons. The molecule has 1 saturated carbocycles. The average Bonchev–Trinajstić information content (AvgIpc) is 2.77. The summed E-state index contributed by atoms with van der Waals surface area (Å²) >= 11 is 1.70. The first kappa shape index (κ1) is 9.16. The van der Waals surface area contributed by atoms with Crippen LogP contribution in [0, 0.1) is 5.41 Å². The number of aliphatic hydroxyl groups excluding tert-OH is 1. The van der Waals surface area contributed by atoms with Gasteiger partial charge in [-0.3, -0.25) is 4.98 Å². The van der Waals surface area contributed by atoms with Crippen molar-refractivity contribution in [2.45, 2.75) is 32.1 Å². The van der Waals surface area contributed by atoms with Gasteiger partial charge in [-0.25, -0.2) is 0 Å². The first-order valence-corrected chi connectivity index (χ1v) is 5.71. The van der Waals surface area contributed by atoms with Crippen molar-refractivity contribution in [2.75, 3.05) is 6.61 Å². The normalized spacial score (nSPS) is 20.7. The van der Waals surface area contributed by atoms with Crippen molar-refractivity contribution in [3.05, 3.63) is 16.6 Å². The lowest BCUT2D eigenvalue weighted by molar-refractivity contribution is 0.131. The Morgan fingerprint density at radius 2 is 2.23 bits per heavy atom. The van der Waals surface area contributed by atoms with Gasteiger partial charge in [0, 0.05) is 17.7 Å². The molecule has 1 N–H and O–H groups in total. The molecule has 1 aromatic rings. The van der Waals surface area contributed by atoms with Gasteiger partial charge in [-0.05, 0) is 24.7 Å². The van der Waals surface area contributed by atoms with Crippen LogP contribution in [0.3, 0.4) is 0 Å². The van der Waals surface area contributed by atoms with Gasteiger partial charge < -0.3 is 5.11 Å². The van der Waals surface area contributed by atoms with Gasteiger partial charge in [-0.2, -0.15) is 0 Å². The predicted molar refractivity (Wildman–Crippen MR) is 53.8 cm³/mol. The van der Waals surface area contributed by atoms with E-state index in [2.05, 4.69) is 4.98 Å². The maximum absolute atomic E-state index is 9.40. The van der Waals surface area contributed by atoms with Gasteiger partial charge in [-0.1, -0.05) is 12.8 Å². The fourth-order valence-corrected chi connectivity index (χ4v) is 2.98. The number of rotatable bonds is 3. The molecule has 0 radical (unpaired) electrons. The minimum Gasteiger partial charge on any atom is -0.396 e. The quantitative estimate of drug-likeness (QED) is 0.806. The Hall–Kier alpha value is -0.410. The number of aromatic nitrogens is 1. The van der Waals surface area contributed by atoms with Crippen molar-refractivity contribution < 1.29 is 5.11 Å². The standard InChI is InChI=1S/C10H15NOS/c12-7-10(3-1-2-4-10)5-9-6-11-8-13-9/h6,8,12H,1-5,7H2. The van der Waals surface area contributed by atoms with Crippen LogP contribution >= 0.6 is 11.3 Å². The molecule has 13 heavy (non-hydrogen) atoms. The van der Waals surface area contributed by atoms with Crippen LogP contribution in [0.25, 0.3) is 0 Å². The van der Waals surface area contributed by atoms with Gasteiger partial charge in [0.2, 0.25) is 0 Å².